The van der Waals surface area contributed by atoms with Crippen LogP contribution in [0.4, 0.5) is 0 Å². The monoisotopic (exact) mass is 342 g/mol. The van der Waals surface area contributed by atoms with Gasteiger partial charge in [-0.2, -0.15) is 0 Å². The fraction of sp³-hybridized carbons (Fsp3) is 0.263. The fourth-order valence-corrected chi connectivity index (χ4v) is 2.83. The van der Waals surface area contributed by atoms with Crippen molar-refractivity contribution in [3.8, 4) is 0 Å². The maximum absolute atomic E-state index is 12.0. The van der Waals surface area contributed by atoms with Crippen LogP contribution in [0.15, 0.2) is 59.5 Å². The summed E-state index contributed by atoms with van der Waals surface area (Å²) in [5.41, 5.74) is 1.78. The third-order valence-corrected chi connectivity index (χ3v) is 4.48. The molecule has 2 amide bonds. The first-order valence-electron chi connectivity index (χ1n) is 7.89. The molecule has 2 N–H and O–H groups in total. The summed E-state index contributed by atoms with van der Waals surface area (Å²) in [6.45, 7) is 4.30. The Bertz CT molecular complexity index is 672. The number of thioether (sulfide) groups is 1. The number of rotatable bonds is 7. The van der Waals surface area contributed by atoms with E-state index in [-0.39, 0.29) is 11.8 Å². The van der Waals surface area contributed by atoms with E-state index in [1.807, 2.05) is 6.07 Å². The van der Waals surface area contributed by atoms with Crippen LogP contribution in [-0.2, 0) is 4.79 Å². The van der Waals surface area contributed by atoms with Gasteiger partial charge in [-0.05, 0) is 38.1 Å². The van der Waals surface area contributed by atoms with Gasteiger partial charge in [0.25, 0.3) is 5.91 Å². The maximum atomic E-state index is 12.0. The second-order valence-electron chi connectivity index (χ2n) is 5.51. The average molecular weight is 342 g/mol. The summed E-state index contributed by atoms with van der Waals surface area (Å²) in [6, 6.07) is 16.6. The van der Waals surface area contributed by atoms with Gasteiger partial charge in [-0.15, -0.1) is 11.8 Å². The van der Waals surface area contributed by atoms with Crippen LogP contribution in [0.5, 0.6) is 0 Å². The summed E-state index contributed by atoms with van der Waals surface area (Å²) in [7, 11) is 0. The molecule has 5 heteroatoms. The molecule has 0 fully saturated rings. The minimum Gasteiger partial charge on any atom is -0.353 e. The molecule has 0 aromatic heterocycles. The van der Waals surface area contributed by atoms with E-state index in [0.717, 1.165) is 5.75 Å². The smallest absolute Gasteiger partial charge is 0.251 e. The maximum Gasteiger partial charge on any atom is 0.251 e. The number of carbonyl (C=O) groups is 2. The lowest BCUT2D eigenvalue weighted by molar-refractivity contribution is -0.122. The van der Waals surface area contributed by atoms with Crippen molar-refractivity contribution in [3.63, 3.8) is 0 Å². The van der Waals surface area contributed by atoms with E-state index in [2.05, 4.69) is 41.8 Å². The lowest BCUT2D eigenvalue weighted by Gasteiger charge is -2.14. The van der Waals surface area contributed by atoms with E-state index < -0.39 is 6.04 Å². The highest BCUT2D eigenvalue weighted by Crippen LogP contribution is 2.17. The van der Waals surface area contributed by atoms with Gasteiger partial charge in [-0.1, -0.05) is 35.9 Å². The van der Waals surface area contributed by atoms with Crippen LogP contribution in [-0.4, -0.2) is 30.2 Å². The van der Waals surface area contributed by atoms with Gasteiger partial charge in [0, 0.05) is 22.8 Å². The van der Waals surface area contributed by atoms with Crippen LogP contribution >= 0.6 is 11.8 Å². The number of amides is 2. The van der Waals surface area contributed by atoms with Gasteiger partial charge in [0.05, 0.1) is 0 Å². The highest BCUT2D eigenvalue weighted by molar-refractivity contribution is 7.99. The Balaban J connectivity index is 1.70. The van der Waals surface area contributed by atoms with Crippen LogP contribution < -0.4 is 10.6 Å². The molecule has 0 spiro atoms. The van der Waals surface area contributed by atoms with Crippen molar-refractivity contribution in [2.45, 2.75) is 24.8 Å². The van der Waals surface area contributed by atoms with E-state index >= 15 is 0 Å². The molecular weight excluding hydrogens is 320 g/mol. The van der Waals surface area contributed by atoms with Crippen molar-refractivity contribution in [2.24, 2.45) is 0 Å². The standard InChI is InChI=1S/C19H22N2O2S/c1-14-8-10-17(11-9-14)24-13-12-20-18(22)15(2)21-19(23)16-6-4-3-5-7-16/h3-11,15H,12-13H2,1-2H3,(H,20,22)(H,21,23)/t15-/m0/s1. The highest BCUT2D eigenvalue weighted by atomic mass is 32.2. The van der Waals surface area contributed by atoms with Gasteiger partial charge in [0.15, 0.2) is 0 Å². The Morgan fingerprint density at radius 2 is 1.71 bits per heavy atom. The second-order valence-corrected chi connectivity index (χ2v) is 6.68. The Kier molecular flexibility index (Phi) is 6.88. The van der Waals surface area contributed by atoms with E-state index in [1.54, 1.807) is 43.0 Å². The van der Waals surface area contributed by atoms with E-state index in [1.165, 1.54) is 10.5 Å². The van der Waals surface area contributed by atoms with Gasteiger partial charge in [-0.3, -0.25) is 9.59 Å². The third kappa shape index (κ3) is 5.74. The molecule has 24 heavy (non-hydrogen) atoms. The Labute approximate surface area is 147 Å². The minimum absolute atomic E-state index is 0.177. The van der Waals surface area contributed by atoms with Crippen LogP contribution in [0, 0.1) is 6.92 Å². The Morgan fingerprint density at radius 1 is 1.04 bits per heavy atom. The topological polar surface area (TPSA) is 58.2 Å². The van der Waals surface area contributed by atoms with Crippen molar-refractivity contribution in [2.75, 3.05) is 12.3 Å². The normalized spacial score (nSPS) is 11.6. The molecule has 1 atom stereocenters. The summed E-state index contributed by atoms with van der Waals surface area (Å²) >= 11 is 1.69. The molecule has 4 nitrogen and oxygen atoms in total. The lowest BCUT2D eigenvalue weighted by Crippen LogP contribution is -2.45. The molecule has 2 rings (SSSR count). The molecule has 0 radical (unpaired) electrons. The summed E-state index contributed by atoms with van der Waals surface area (Å²) in [5.74, 6) is 0.366. The molecule has 0 saturated heterocycles. The first-order chi connectivity index (χ1) is 11.6. The fourth-order valence-electron chi connectivity index (χ4n) is 2.07. The molecule has 2 aromatic rings. The Morgan fingerprint density at radius 3 is 2.38 bits per heavy atom. The molecule has 0 aliphatic carbocycles. The van der Waals surface area contributed by atoms with Crippen LogP contribution in [0.2, 0.25) is 0 Å². The third-order valence-electron chi connectivity index (χ3n) is 3.47. The van der Waals surface area contributed by atoms with Crippen molar-refractivity contribution < 1.29 is 9.59 Å². The predicted molar refractivity (Wildman–Crippen MR) is 98.3 cm³/mol. The summed E-state index contributed by atoms with van der Waals surface area (Å²) in [5, 5.41) is 5.55. The van der Waals surface area contributed by atoms with Crippen molar-refractivity contribution in [1.82, 2.24) is 10.6 Å². The second kappa shape index (κ2) is 9.13. The predicted octanol–water partition coefficient (Wildman–Crippen LogP) is 3.02. The van der Waals surface area contributed by atoms with E-state index in [0.29, 0.717) is 12.1 Å². The first-order valence-corrected chi connectivity index (χ1v) is 8.88. The molecular formula is C19H22N2O2S. The molecule has 0 saturated carbocycles. The van der Waals surface area contributed by atoms with Gasteiger partial charge in [0.1, 0.15) is 6.04 Å². The van der Waals surface area contributed by atoms with Crippen LogP contribution in [0.1, 0.15) is 22.8 Å². The first kappa shape index (κ1) is 18.1. The summed E-state index contributed by atoms with van der Waals surface area (Å²) < 4.78 is 0. The van der Waals surface area contributed by atoms with Crippen molar-refractivity contribution in [3.05, 3.63) is 65.7 Å². The molecule has 0 unspecified atom stereocenters. The van der Waals surface area contributed by atoms with E-state index in [9.17, 15) is 9.59 Å². The van der Waals surface area contributed by atoms with Crippen molar-refractivity contribution >= 4 is 23.6 Å². The largest absolute Gasteiger partial charge is 0.353 e. The number of benzene rings is 2. The number of carbonyl (C=O) groups excluding carboxylic acids is 2. The van der Waals surface area contributed by atoms with E-state index in [4.69, 9.17) is 0 Å². The molecule has 126 valence electrons. The molecule has 0 aliphatic heterocycles. The van der Waals surface area contributed by atoms with Gasteiger partial charge in [0.2, 0.25) is 5.91 Å². The molecule has 2 aromatic carbocycles. The number of hydrogen-bond acceptors (Lipinski definition) is 3. The molecule has 0 bridgehead atoms. The molecule has 0 heterocycles. The lowest BCUT2D eigenvalue weighted by atomic mass is 10.2. The zero-order chi connectivity index (χ0) is 17.4. The zero-order valence-electron chi connectivity index (χ0n) is 13.9. The van der Waals surface area contributed by atoms with Gasteiger partial charge >= 0.3 is 0 Å². The average Bonchev–Trinajstić information content (AvgIpc) is 2.60. The SMILES string of the molecule is Cc1ccc(SCCNC(=O)[C@H](C)NC(=O)c2ccccc2)cc1. The Hall–Kier alpha value is -2.27. The molecule has 0 aliphatic rings. The minimum atomic E-state index is -0.568. The number of nitrogens with one attached hydrogen (secondary N) is 2. The van der Waals surface area contributed by atoms with Gasteiger partial charge in [-0.25, -0.2) is 0 Å². The van der Waals surface area contributed by atoms with Crippen LogP contribution in [0.25, 0.3) is 0 Å². The summed E-state index contributed by atoms with van der Waals surface area (Å²) in [6.07, 6.45) is 0. The number of aryl methyl sites for hydroxylation is 1. The highest BCUT2D eigenvalue weighted by Gasteiger charge is 2.15. The van der Waals surface area contributed by atoms with Crippen LogP contribution in [0.3, 0.4) is 0 Å². The summed E-state index contributed by atoms with van der Waals surface area (Å²) in [4.78, 5) is 25.2. The van der Waals surface area contributed by atoms with Crippen molar-refractivity contribution in [1.29, 1.82) is 0 Å². The zero-order valence-corrected chi connectivity index (χ0v) is 14.7. The van der Waals surface area contributed by atoms with Gasteiger partial charge < -0.3 is 10.6 Å². The quantitative estimate of drug-likeness (QED) is 0.601. The number of hydrogen-bond donors (Lipinski definition) is 2.